The Bertz CT molecular complexity index is 230. The van der Waals surface area contributed by atoms with E-state index in [1.807, 2.05) is 13.8 Å². The Morgan fingerprint density at radius 2 is 0.826 bits per heavy atom. The predicted molar refractivity (Wildman–Crippen MR) is 127 cm³/mol. The number of nitrogens with one attached hydrogen (secondary N) is 4. The van der Waals surface area contributed by atoms with Crippen LogP contribution in [0.1, 0.15) is 33.1 Å². The third kappa shape index (κ3) is 35.0. The molecule has 0 unspecified atom stereocenters. The second kappa shape index (κ2) is 27.8. The summed E-state index contributed by atoms with van der Waals surface area (Å²) in [4.78, 5) is 0. The zero-order valence-electron chi connectivity index (χ0n) is 14.4. The molecule has 0 atom stereocenters. The van der Waals surface area contributed by atoms with Crippen LogP contribution in [0.25, 0.3) is 0 Å². The molecule has 23 heavy (non-hydrogen) atoms. The first-order valence-electron chi connectivity index (χ1n) is 7.33. The van der Waals surface area contributed by atoms with Crippen LogP contribution < -0.4 is 21.3 Å². The maximum absolute atomic E-state index is 3.80. The second-order valence-corrected chi connectivity index (χ2v) is 4.97. The van der Waals surface area contributed by atoms with Crippen molar-refractivity contribution in [2.45, 2.75) is 33.1 Å². The molecule has 0 rings (SSSR count). The van der Waals surface area contributed by atoms with Gasteiger partial charge in [0.15, 0.2) is 0 Å². The minimum atomic E-state index is 0. The summed E-state index contributed by atoms with van der Waals surface area (Å²) >= 11 is 0. The van der Waals surface area contributed by atoms with Crippen molar-refractivity contribution in [3.8, 4) is 0 Å². The Morgan fingerprint density at radius 1 is 0.565 bits per heavy atom. The van der Waals surface area contributed by atoms with Gasteiger partial charge in [0.05, 0.1) is 0 Å². The Labute approximate surface area is 185 Å². The molecule has 0 heterocycles. The normalized spacial score (nSPS) is 8.43. The predicted octanol–water partition coefficient (Wildman–Crippen LogP) is 3.89. The summed E-state index contributed by atoms with van der Waals surface area (Å²) < 4.78 is 0. The molecule has 0 aromatic rings. The van der Waals surface area contributed by atoms with Gasteiger partial charge in [-0.2, -0.15) is 0 Å². The Hall–Kier alpha value is 0.920. The fraction of sp³-hybridized carbons (Fsp3) is 0.733. The standard InChI is InChI=1S/C15H32N4.4BrH/c1-14(2)18-12-6-10-16-8-5-9-17-11-7-13-19-15(3)4;;;;/h16-19H,1,3,5-13H2,2,4H3;4*1H. The Kier molecular flexibility index (Phi) is 42.4. The van der Waals surface area contributed by atoms with Gasteiger partial charge in [-0.3, -0.25) is 0 Å². The quantitative estimate of drug-likeness (QED) is 0.232. The largest absolute Gasteiger partial charge is 0.389 e. The van der Waals surface area contributed by atoms with E-state index >= 15 is 0 Å². The Morgan fingerprint density at radius 3 is 1.09 bits per heavy atom. The van der Waals surface area contributed by atoms with Gasteiger partial charge in [-0.1, -0.05) is 13.2 Å². The van der Waals surface area contributed by atoms with E-state index in [1.54, 1.807) is 0 Å². The molecule has 4 N–H and O–H groups in total. The van der Waals surface area contributed by atoms with Crippen LogP contribution in [0.5, 0.6) is 0 Å². The molecule has 0 aromatic heterocycles. The molecule has 0 amide bonds. The first-order chi connectivity index (χ1) is 9.13. The lowest BCUT2D eigenvalue weighted by Gasteiger charge is -2.08. The van der Waals surface area contributed by atoms with Gasteiger partial charge in [-0.05, 0) is 59.3 Å². The number of hydrogen-bond acceptors (Lipinski definition) is 4. The van der Waals surface area contributed by atoms with E-state index in [0.717, 1.165) is 63.5 Å². The van der Waals surface area contributed by atoms with Crippen LogP contribution in [0.15, 0.2) is 24.6 Å². The van der Waals surface area contributed by atoms with Crippen LogP contribution in [0.4, 0.5) is 0 Å². The Balaban J connectivity index is -0.000000270. The fourth-order valence-corrected chi connectivity index (χ4v) is 1.62. The van der Waals surface area contributed by atoms with E-state index < -0.39 is 0 Å². The number of allylic oxidation sites excluding steroid dienone is 2. The van der Waals surface area contributed by atoms with Gasteiger partial charge in [0.1, 0.15) is 0 Å². The molecular formula is C15H36Br4N4. The monoisotopic (exact) mass is 588 g/mol. The van der Waals surface area contributed by atoms with E-state index in [9.17, 15) is 0 Å². The van der Waals surface area contributed by atoms with Crippen LogP contribution in [-0.4, -0.2) is 39.3 Å². The molecular weight excluding hydrogens is 556 g/mol. The SMILES string of the molecule is Br.Br.Br.Br.C=C(C)NCCCNCCCNCCCNC(=C)C. The third-order valence-electron chi connectivity index (χ3n) is 2.62. The molecule has 0 spiro atoms. The minimum absolute atomic E-state index is 0. The van der Waals surface area contributed by atoms with E-state index in [4.69, 9.17) is 0 Å². The molecule has 0 saturated heterocycles. The first-order valence-corrected chi connectivity index (χ1v) is 7.33. The van der Waals surface area contributed by atoms with Crippen LogP contribution in [0, 0.1) is 0 Å². The third-order valence-corrected chi connectivity index (χ3v) is 2.62. The number of rotatable bonds is 14. The molecule has 0 saturated carbocycles. The average Bonchev–Trinajstić information content (AvgIpc) is 2.34. The summed E-state index contributed by atoms with van der Waals surface area (Å²) in [6.45, 7) is 17.9. The van der Waals surface area contributed by atoms with Gasteiger partial charge in [-0.15, -0.1) is 67.9 Å². The highest BCUT2D eigenvalue weighted by atomic mass is 79.9. The van der Waals surface area contributed by atoms with Crippen molar-refractivity contribution in [1.82, 2.24) is 21.3 Å². The first kappa shape index (κ1) is 35.1. The topological polar surface area (TPSA) is 48.1 Å². The fourth-order valence-electron chi connectivity index (χ4n) is 1.62. The summed E-state index contributed by atoms with van der Waals surface area (Å²) in [5.41, 5.74) is 2.09. The van der Waals surface area contributed by atoms with Crippen molar-refractivity contribution in [2.24, 2.45) is 0 Å². The molecule has 0 aliphatic rings. The molecule has 0 aromatic carbocycles. The lowest BCUT2D eigenvalue weighted by Crippen LogP contribution is -2.26. The summed E-state index contributed by atoms with van der Waals surface area (Å²) in [6, 6.07) is 0. The lowest BCUT2D eigenvalue weighted by atomic mass is 10.3. The summed E-state index contributed by atoms with van der Waals surface area (Å²) in [5, 5.41) is 13.3. The maximum Gasteiger partial charge on any atom is 0.0155 e. The molecule has 0 aliphatic heterocycles. The summed E-state index contributed by atoms with van der Waals surface area (Å²) in [7, 11) is 0. The van der Waals surface area contributed by atoms with Crippen molar-refractivity contribution < 1.29 is 0 Å². The average molecular weight is 592 g/mol. The summed E-state index contributed by atoms with van der Waals surface area (Å²) in [6.07, 6.45) is 3.47. The van der Waals surface area contributed by atoms with Crippen LogP contribution in [-0.2, 0) is 0 Å². The molecule has 0 bridgehead atoms. The van der Waals surface area contributed by atoms with Crippen LogP contribution >= 0.6 is 67.9 Å². The highest BCUT2D eigenvalue weighted by Crippen LogP contribution is 1.82. The van der Waals surface area contributed by atoms with Gasteiger partial charge in [-0.25, -0.2) is 0 Å². The highest BCUT2D eigenvalue weighted by Gasteiger charge is 1.91. The minimum Gasteiger partial charge on any atom is -0.389 e. The zero-order valence-corrected chi connectivity index (χ0v) is 21.3. The lowest BCUT2D eigenvalue weighted by molar-refractivity contribution is 0.566. The van der Waals surface area contributed by atoms with Crippen molar-refractivity contribution >= 4 is 67.9 Å². The van der Waals surface area contributed by atoms with Crippen molar-refractivity contribution in [3.05, 3.63) is 24.6 Å². The van der Waals surface area contributed by atoms with Gasteiger partial charge < -0.3 is 21.3 Å². The van der Waals surface area contributed by atoms with Gasteiger partial charge >= 0.3 is 0 Å². The molecule has 4 nitrogen and oxygen atoms in total. The second-order valence-electron chi connectivity index (χ2n) is 4.97. The van der Waals surface area contributed by atoms with Gasteiger partial charge in [0.25, 0.3) is 0 Å². The van der Waals surface area contributed by atoms with E-state index in [1.165, 1.54) is 6.42 Å². The van der Waals surface area contributed by atoms with E-state index in [2.05, 4.69) is 34.4 Å². The molecule has 0 fully saturated rings. The molecule has 0 radical (unpaired) electrons. The molecule has 8 heteroatoms. The maximum atomic E-state index is 3.80. The summed E-state index contributed by atoms with van der Waals surface area (Å²) in [5.74, 6) is 0. The van der Waals surface area contributed by atoms with E-state index in [0.29, 0.717) is 0 Å². The van der Waals surface area contributed by atoms with Crippen molar-refractivity contribution in [3.63, 3.8) is 0 Å². The van der Waals surface area contributed by atoms with Gasteiger partial charge in [0, 0.05) is 24.5 Å². The van der Waals surface area contributed by atoms with Crippen molar-refractivity contribution in [1.29, 1.82) is 0 Å². The smallest absolute Gasteiger partial charge is 0.0155 e. The zero-order chi connectivity index (χ0) is 14.3. The van der Waals surface area contributed by atoms with Crippen LogP contribution in [0.2, 0.25) is 0 Å². The number of halogens is 4. The highest BCUT2D eigenvalue weighted by molar-refractivity contribution is 8.93. The molecule has 144 valence electrons. The van der Waals surface area contributed by atoms with E-state index in [-0.39, 0.29) is 67.9 Å². The number of hydrogen-bond donors (Lipinski definition) is 4. The van der Waals surface area contributed by atoms with Gasteiger partial charge in [0.2, 0.25) is 0 Å². The van der Waals surface area contributed by atoms with Crippen molar-refractivity contribution in [2.75, 3.05) is 39.3 Å². The van der Waals surface area contributed by atoms with Crippen LogP contribution in [0.3, 0.4) is 0 Å². The molecule has 0 aliphatic carbocycles.